The van der Waals surface area contributed by atoms with E-state index in [-0.39, 0.29) is 0 Å². The molecule has 0 heterocycles. The number of nitrogens with zero attached hydrogens (tertiary/aromatic N) is 1. The summed E-state index contributed by atoms with van der Waals surface area (Å²) in [5, 5.41) is 0. The van der Waals surface area contributed by atoms with Crippen molar-refractivity contribution in [1.29, 1.82) is 0 Å². The molecule has 0 aromatic heterocycles. The number of amides is 1. The van der Waals surface area contributed by atoms with Crippen molar-refractivity contribution in [1.82, 2.24) is 4.90 Å². The van der Waals surface area contributed by atoms with Gasteiger partial charge in [0.05, 0.1) is 0 Å². The van der Waals surface area contributed by atoms with E-state index in [1.807, 2.05) is 4.90 Å². The van der Waals surface area contributed by atoms with Crippen LogP contribution in [0.2, 0.25) is 0 Å². The van der Waals surface area contributed by atoms with Crippen LogP contribution in [0.15, 0.2) is 0 Å². The molecular formula is C11H22N2O. The molecule has 3 nitrogen and oxygen atoms in total. The Kier molecular flexibility index (Phi) is 4.94. The van der Waals surface area contributed by atoms with E-state index in [9.17, 15) is 4.79 Å². The average Bonchev–Trinajstić information content (AvgIpc) is 2.69. The monoisotopic (exact) mass is 198 g/mol. The average molecular weight is 198 g/mol. The summed E-state index contributed by atoms with van der Waals surface area (Å²) in [5.74, 6) is 0.296. The number of hydrogen-bond acceptors (Lipinski definition) is 2. The maximum atomic E-state index is 11.8. The van der Waals surface area contributed by atoms with Crippen LogP contribution in [-0.4, -0.2) is 29.9 Å². The lowest BCUT2D eigenvalue weighted by molar-refractivity contribution is -0.133. The van der Waals surface area contributed by atoms with Gasteiger partial charge >= 0.3 is 0 Å². The van der Waals surface area contributed by atoms with Crippen LogP contribution in [0.4, 0.5) is 0 Å². The molecule has 0 atom stereocenters. The zero-order valence-corrected chi connectivity index (χ0v) is 9.17. The van der Waals surface area contributed by atoms with Gasteiger partial charge in [-0.15, -0.1) is 0 Å². The van der Waals surface area contributed by atoms with E-state index in [0.717, 1.165) is 13.0 Å². The molecule has 0 bridgehead atoms. The van der Waals surface area contributed by atoms with Gasteiger partial charge in [-0.1, -0.05) is 12.8 Å². The zero-order chi connectivity index (χ0) is 10.4. The summed E-state index contributed by atoms with van der Waals surface area (Å²) in [5.41, 5.74) is 5.40. The highest BCUT2D eigenvalue weighted by Crippen LogP contribution is 2.23. The van der Waals surface area contributed by atoms with Gasteiger partial charge in [0.2, 0.25) is 5.91 Å². The third-order valence-corrected chi connectivity index (χ3v) is 3.02. The molecule has 0 unspecified atom stereocenters. The van der Waals surface area contributed by atoms with Crippen molar-refractivity contribution in [2.24, 2.45) is 5.73 Å². The number of nitrogens with two attached hydrogens (primary N) is 1. The van der Waals surface area contributed by atoms with E-state index in [1.165, 1.54) is 25.7 Å². The SMILES string of the molecule is CCN(C(=O)CCCN)C1CCCC1. The summed E-state index contributed by atoms with van der Waals surface area (Å²) < 4.78 is 0. The Labute approximate surface area is 86.6 Å². The fourth-order valence-corrected chi connectivity index (χ4v) is 2.25. The Morgan fingerprint density at radius 3 is 2.57 bits per heavy atom. The molecular weight excluding hydrogens is 176 g/mol. The number of hydrogen-bond donors (Lipinski definition) is 1. The van der Waals surface area contributed by atoms with E-state index < -0.39 is 0 Å². The molecule has 1 rings (SSSR count). The second kappa shape index (κ2) is 6.02. The molecule has 1 aliphatic carbocycles. The molecule has 14 heavy (non-hydrogen) atoms. The highest BCUT2D eigenvalue weighted by atomic mass is 16.2. The van der Waals surface area contributed by atoms with E-state index in [0.29, 0.717) is 24.9 Å². The van der Waals surface area contributed by atoms with Crippen molar-refractivity contribution in [3.63, 3.8) is 0 Å². The lowest BCUT2D eigenvalue weighted by atomic mass is 10.2. The summed E-state index contributed by atoms with van der Waals surface area (Å²) in [4.78, 5) is 13.8. The Hall–Kier alpha value is -0.570. The minimum Gasteiger partial charge on any atom is -0.340 e. The van der Waals surface area contributed by atoms with Gasteiger partial charge in [-0.2, -0.15) is 0 Å². The van der Waals surface area contributed by atoms with Crippen molar-refractivity contribution in [3.8, 4) is 0 Å². The van der Waals surface area contributed by atoms with Crippen molar-refractivity contribution in [2.45, 2.75) is 51.5 Å². The number of carbonyl (C=O) groups excluding carboxylic acids is 1. The first-order valence-electron chi connectivity index (χ1n) is 5.79. The normalized spacial score (nSPS) is 17.3. The summed E-state index contributed by atoms with van der Waals surface area (Å²) >= 11 is 0. The molecule has 1 amide bonds. The second-order valence-electron chi connectivity index (χ2n) is 4.01. The van der Waals surface area contributed by atoms with Crippen LogP contribution in [-0.2, 0) is 4.79 Å². The summed E-state index contributed by atoms with van der Waals surface area (Å²) in [6.45, 7) is 3.54. The van der Waals surface area contributed by atoms with E-state index >= 15 is 0 Å². The highest BCUT2D eigenvalue weighted by molar-refractivity contribution is 5.76. The molecule has 2 N–H and O–H groups in total. The largest absolute Gasteiger partial charge is 0.340 e. The van der Waals surface area contributed by atoms with Crippen LogP contribution < -0.4 is 5.73 Å². The van der Waals surface area contributed by atoms with Gasteiger partial charge in [0.1, 0.15) is 0 Å². The van der Waals surface area contributed by atoms with Crippen LogP contribution in [0, 0.1) is 0 Å². The predicted molar refractivity (Wildman–Crippen MR) is 57.9 cm³/mol. The van der Waals surface area contributed by atoms with Crippen molar-refractivity contribution >= 4 is 5.91 Å². The number of rotatable bonds is 5. The minimum absolute atomic E-state index is 0.296. The quantitative estimate of drug-likeness (QED) is 0.728. The van der Waals surface area contributed by atoms with E-state index in [4.69, 9.17) is 5.73 Å². The molecule has 1 aliphatic rings. The molecule has 0 saturated heterocycles. The van der Waals surface area contributed by atoms with Crippen LogP contribution in [0.3, 0.4) is 0 Å². The van der Waals surface area contributed by atoms with Gasteiger partial charge in [0.15, 0.2) is 0 Å². The predicted octanol–water partition coefficient (Wildman–Crippen LogP) is 1.52. The smallest absolute Gasteiger partial charge is 0.222 e. The Morgan fingerprint density at radius 1 is 1.43 bits per heavy atom. The summed E-state index contributed by atoms with van der Waals surface area (Å²) in [7, 11) is 0. The second-order valence-corrected chi connectivity index (χ2v) is 4.01. The van der Waals surface area contributed by atoms with Crippen LogP contribution in [0.25, 0.3) is 0 Å². The van der Waals surface area contributed by atoms with E-state index in [1.54, 1.807) is 0 Å². The first kappa shape index (κ1) is 11.5. The van der Waals surface area contributed by atoms with Crippen molar-refractivity contribution in [3.05, 3.63) is 0 Å². The zero-order valence-electron chi connectivity index (χ0n) is 9.17. The topological polar surface area (TPSA) is 46.3 Å². The summed E-state index contributed by atoms with van der Waals surface area (Å²) in [6.07, 6.45) is 6.41. The van der Waals surface area contributed by atoms with E-state index in [2.05, 4.69) is 6.92 Å². The van der Waals surface area contributed by atoms with Crippen LogP contribution >= 0.6 is 0 Å². The Balaban J connectivity index is 2.39. The number of carbonyl (C=O) groups is 1. The fourth-order valence-electron chi connectivity index (χ4n) is 2.25. The third-order valence-electron chi connectivity index (χ3n) is 3.02. The maximum Gasteiger partial charge on any atom is 0.222 e. The first-order valence-corrected chi connectivity index (χ1v) is 5.79. The van der Waals surface area contributed by atoms with Crippen LogP contribution in [0.1, 0.15) is 45.4 Å². The maximum absolute atomic E-state index is 11.8. The molecule has 0 spiro atoms. The highest BCUT2D eigenvalue weighted by Gasteiger charge is 2.24. The first-order chi connectivity index (χ1) is 6.79. The van der Waals surface area contributed by atoms with Crippen molar-refractivity contribution in [2.75, 3.05) is 13.1 Å². The van der Waals surface area contributed by atoms with Gasteiger partial charge < -0.3 is 10.6 Å². The Bertz CT molecular complexity index is 176. The molecule has 0 radical (unpaired) electrons. The van der Waals surface area contributed by atoms with Gasteiger partial charge in [-0.25, -0.2) is 0 Å². The summed E-state index contributed by atoms with van der Waals surface area (Å²) in [6, 6.07) is 0.519. The van der Waals surface area contributed by atoms with Gasteiger partial charge in [-0.05, 0) is 32.7 Å². The third kappa shape index (κ3) is 2.98. The van der Waals surface area contributed by atoms with Gasteiger partial charge in [0.25, 0.3) is 0 Å². The standard InChI is InChI=1S/C11H22N2O/c1-2-13(10-6-3-4-7-10)11(14)8-5-9-12/h10H,2-9,12H2,1H3. The molecule has 1 fully saturated rings. The lowest BCUT2D eigenvalue weighted by Crippen LogP contribution is -2.38. The molecule has 82 valence electrons. The molecule has 0 aromatic carbocycles. The molecule has 3 heteroatoms. The fraction of sp³-hybridized carbons (Fsp3) is 0.909. The minimum atomic E-state index is 0.296. The van der Waals surface area contributed by atoms with Crippen molar-refractivity contribution < 1.29 is 4.79 Å². The molecule has 1 saturated carbocycles. The molecule has 0 aliphatic heterocycles. The lowest BCUT2D eigenvalue weighted by Gasteiger charge is -2.27. The van der Waals surface area contributed by atoms with Crippen LogP contribution in [0.5, 0.6) is 0 Å². The molecule has 0 aromatic rings. The van der Waals surface area contributed by atoms with Gasteiger partial charge in [0, 0.05) is 19.0 Å². The Morgan fingerprint density at radius 2 is 2.07 bits per heavy atom. The van der Waals surface area contributed by atoms with Gasteiger partial charge in [-0.3, -0.25) is 4.79 Å².